The second-order valence-corrected chi connectivity index (χ2v) is 6.99. The number of hydrogen-bond donors (Lipinski definition) is 1. The van der Waals surface area contributed by atoms with Gasteiger partial charge in [-0.15, -0.1) is 0 Å². The zero-order chi connectivity index (χ0) is 20.8. The second-order valence-electron chi connectivity index (χ2n) is 6.59. The van der Waals surface area contributed by atoms with Crippen LogP contribution >= 0.6 is 11.6 Å². The lowest BCUT2D eigenvalue weighted by molar-refractivity contribution is -0.145. The van der Waals surface area contributed by atoms with Crippen LogP contribution < -0.4 is 4.74 Å². The van der Waals surface area contributed by atoms with Gasteiger partial charge in [0.2, 0.25) is 0 Å². The Balaban J connectivity index is 2.35. The molecule has 0 aliphatic carbocycles. The van der Waals surface area contributed by atoms with Crippen LogP contribution in [0.2, 0.25) is 5.02 Å². The number of halogens is 2. The number of phenols is 1. The van der Waals surface area contributed by atoms with E-state index in [1.54, 1.807) is 19.1 Å². The smallest absolute Gasteiger partial charge is 0.344 e. The molecule has 0 aliphatic rings. The van der Waals surface area contributed by atoms with Crippen molar-refractivity contribution >= 4 is 23.6 Å². The number of phenolic OH excluding ortho intramolecular Hbond substituents is 1. The van der Waals surface area contributed by atoms with Crippen molar-refractivity contribution in [1.29, 1.82) is 0 Å². The largest absolute Gasteiger partial charge is 0.508 e. The van der Waals surface area contributed by atoms with E-state index < -0.39 is 18.4 Å². The van der Waals surface area contributed by atoms with Gasteiger partial charge < -0.3 is 14.6 Å². The normalized spacial score (nSPS) is 10.8. The highest BCUT2D eigenvalue weighted by Gasteiger charge is 2.19. The van der Waals surface area contributed by atoms with Crippen LogP contribution in [0.3, 0.4) is 0 Å². The molecule has 150 valence electrons. The van der Waals surface area contributed by atoms with Crippen LogP contribution in [0.15, 0.2) is 30.8 Å². The van der Waals surface area contributed by atoms with Gasteiger partial charge in [0.05, 0.1) is 6.61 Å². The summed E-state index contributed by atoms with van der Waals surface area (Å²) in [6, 6.07) is 6.63. The maximum atomic E-state index is 14.9. The second kappa shape index (κ2) is 9.60. The van der Waals surface area contributed by atoms with Crippen LogP contribution in [0, 0.1) is 5.82 Å². The van der Waals surface area contributed by atoms with Crippen molar-refractivity contribution in [2.45, 2.75) is 33.1 Å². The number of hydrogen-bond acceptors (Lipinski definition) is 4. The maximum absolute atomic E-state index is 14.9. The fraction of sp³-hybridized carbons (Fsp3) is 0.318. The zero-order valence-corrected chi connectivity index (χ0v) is 17.0. The van der Waals surface area contributed by atoms with Gasteiger partial charge in [-0.2, -0.15) is 0 Å². The average Bonchev–Trinajstić information content (AvgIpc) is 2.65. The first-order valence-corrected chi connectivity index (χ1v) is 9.39. The Morgan fingerprint density at radius 3 is 2.68 bits per heavy atom. The van der Waals surface area contributed by atoms with Gasteiger partial charge in [0.25, 0.3) is 0 Å². The van der Waals surface area contributed by atoms with E-state index in [9.17, 15) is 14.3 Å². The third-order valence-corrected chi connectivity index (χ3v) is 4.61. The molecule has 0 fully saturated rings. The molecule has 0 spiro atoms. The summed E-state index contributed by atoms with van der Waals surface area (Å²) in [5.74, 6) is -0.994. The molecule has 1 N–H and O–H groups in total. The molecule has 0 saturated heterocycles. The molecule has 0 radical (unpaired) electrons. The average molecular weight is 407 g/mol. The summed E-state index contributed by atoms with van der Waals surface area (Å²) in [5.41, 5.74) is 2.46. The molecular formula is C22H24ClFO4. The standard InChI is InChI=1S/C22H24ClFO4/c1-5-15-17(10-14-7-8-19(25)16(9-14)13(3)4)18(23)11-20(22(15)24)28-12-21(26)27-6-2/h5,7-9,11,13,25H,1,6,10,12H2,2-4H3. The number of carbonyl (C=O) groups is 1. The van der Waals surface area contributed by atoms with Crippen molar-refractivity contribution in [3.63, 3.8) is 0 Å². The Kier molecular flexibility index (Phi) is 7.46. The summed E-state index contributed by atoms with van der Waals surface area (Å²) in [5, 5.41) is 10.3. The summed E-state index contributed by atoms with van der Waals surface area (Å²) < 4.78 is 24.9. The van der Waals surface area contributed by atoms with Gasteiger partial charge in [-0.3, -0.25) is 0 Å². The number of esters is 1. The van der Waals surface area contributed by atoms with Crippen LogP contribution in [-0.2, 0) is 16.0 Å². The van der Waals surface area contributed by atoms with E-state index in [0.717, 1.165) is 11.1 Å². The van der Waals surface area contributed by atoms with Gasteiger partial charge in [0.15, 0.2) is 18.2 Å². The van der Waals surface area contributed by atoms with E-state index >= 15 is 0 Å². The molecule has 0 aliphatic heterocycles. The third-order valence-electron chi connectivity index (χ3n) is 4.27. The summed E-state index contributed by atoms with van der Waals surface area (Å²) in [6.45, 7) is 9.12. The van der Waals surface area contributed by atoms with E-state index in [0.29, 0.717) is 17.0 Å². The van der Waals surface area contributed by atoms with Gasteiger partial charge in [-0.25, -0.2) is 9.18 Å². The molecule has 2 aromatic carbocycles. The fourth-order valence-electron chi connectivity index (χ4n) is 2.88. The number of ether oxygens (including phenoxy) is 2. The highest BCUT2D eigenvalue weighted by molar-refractivity contribution is 6.31. The number of aromatic hydroxyl groups is 1. The summed E-state index contributed by atoms with van der Waals surface area (Å²) >= 11 is 6.39. The van der Waals surface area contributed by atoms with Crippen molar-refractivity contribution in [1.82, 2.24) is 0 Å². The van der Waals surface area contributed by atoms with Gasteiger partial charge in [0.1, 0.15) is 5.75 Å². The topological polar surface area (TPSA) is 55.8 Å². The lowest BCUT2D eigenvalue weighted by Crippen LogP contribution is -2.15. The monoisotopic (exact) mass is 406 g/mol. The first kappa shape index (κ1) is 21.8. The minimum absolute atomic E-state index is 0.134. The van der Waals surface area contributed by atoms with Crippen molar-refractivity contribution in [2.24, 2.45) is 0 Å². The first-order chi connectivity index (χ1) is 13.3. The Hall–Kier alpha value is -2.53. The van der Waals surface area contributed by atoms with Gasteiger partial charge >= 0.3 is 5.97 Å². The minimum Gasteiger partial charge on any atom is -0.508 e. The Morgan fingerprint density at radius 2 is 2.07 bits per heavy atom. The molecule has 4 nitrogen and oxygen atoms in total. The van der Waals surface area contributed by atoms with Gasteiger partial charge in [-0.05, 0) is 42.0 Å². The molecule has 28 heavy (non-hydrogen) atoms. The predicted octanol–water partition coefficient (Wildman–Crippen LogP) is 5.48. The third kappa shape index (κ3) is 5.04. The number of carbonyl (C=O) groups excluding carboxylic acids is 1. The molecule has 0 aromatic heterocycles. The fourth-order valence-corrected chi connectivity index (χ4v) is 3.14. The summed E-state index contributed by atoms with van der Waals surface area (Å²) in [6.07, 6.45) is 1.73. The minimum atomic E-state index is -0.637. The highest BCUT2D eigenvalue weighted by Crippen LogP contribution is 2.34. The highest BCUT2D eigenvalue weighted by atomic mass is 35.5. The molecule has 0 bridgehead atoms. The molecule has 6 heteroatoms. The van der Waals surface area contributed by atoms with Crippen molar-refractivity contribution in [3.05, 3.63) is 63.9 Å². The van der Waals surface area contributed by atoms with Crippen LogP contribution in [0.5, 0.6) is 11.5 Å². The van der Waals surface area contributed by atoms with Crippen molar-refractivity contribution < 1.29 is 23.8 Å². The Morgan fingerprint density at radius 1 is 1.36 bits per heavy atom. The van der Waals surface area contributed by atoms with Crippen LogP contribution in [-0.4, -0.2) is 24.3 Å². The lowest BCUT2D eigenvalue weighted by Gasteiger charge is -2.16. The predicted molar refractivity (Wildman–Crippen MR) is 109 cm³/mol. The molecule has 2 rings (SSSR count). The molecule has 0 heterocycles. The van der Waals surface area contributed by atoms with E-state index in [-0.39, 0.29) is 29.6 Å². The maximum Gasteiger partial charge on any atom is 0.344 e. The van der Waals surface area contributed by atoms with Crippen molar-refractivity contribution in [2.75, 3.05) is 13.2 Å². The quantitative estimate of drug-likeness (QED) is 0.589. The van der Waals surface area contributed by atoms with Gasteiger partial charge in [0, 0.05) is 16.7 Å². The van der Waals surface area contributed by atoms with Crippen molar-refractivity contribution in [3.8, 4) is 11.5 Å². The number of rotatable bonds is 8. The molecule has 0 unspecified atom stereocenters. The molecule has 0 amide bonds. The SMILES string of the molecule is C=Cc1c(F)c(OCC(=O)OCC)cc(Cl)c1Cc1ccc(O)c(C(C)C)c1. The van der Waals surface area contributed by atoms with E-state index in [1.807, 2.05) is 19.9 Å². The zero-order valence-electron chi connectivity index (χ0n) is 16.2. The summed E-state index contributed by atoms with van der Waals surface area (Å²) in [4.78, 5) is 11.4. The van der Waals surface area contributed by atoms with Crippen LogP contribution in [0.1, 0.15) is 48.9 Å². The Labute approximate surface area is 169 Å². The summed E-state index contributed by atoms with van der Waals surface area (Å²) in [7, 11) is 0. The molecule has 0 saturated carbocycles. The first-order valence-electron chi connectivity index (χ1n) is 9.01. The van der Waals surface area contributed by atoms with E-state index in [1.165, 1.54) is 12.1 Å². The van der Waals surface area contributed by atoms with E-state index in [2.05, 4.69) is 6.58 Å². The molecule has 0 atom stereocenters. The van der Waals surface area contributed by atoms with Crippen LogP contribution in [0.25, 0.3) is 6.08 Å². The molecular weight excluding hydrogens is 383 g/mol. The lowest BCUT2D eigenvalue weighted by atomic mass is 9.94. The molecule has 2 aromatic rings. The van der Waals surface area contributed by atoms with E-state index in [4.69, 9.17) is 21.1 Å². The number of benzene rings is 2. The Bertz CT molecular complexity index is 877. The van der Waals surface area contributed by atoms with Gasteiger partial charge in [-0.1, -0.05) is 50.2 Å². The van der Waals surface area contributed by atoms with Crippen LogP contribution in [0.4, 0.5) is 4.39 Å².